The molecule has 364 valence electrons. The van der Waals surface area contributed by atoms with Crippen molar-refractivity contribution < 1.29 is 39.6 Å². The van der Waals surface area contributed by atoms with E-state index in [1.54, 1.807) is 0 Å². The van der Waals surface area contributed by atoms with Crippen molar-refractivity contribution in [3.63, 3.8) is 0 Å². The second-order valence-corrected chi connectivity index (χ2v) is 22.3. The Kier molecular flexibility index (Phi) is 14.4. The third kappa shape index (κ3) is 9.83. The van der Waals surface area contributed by atoms with Gasteiger partial charge in [-0.3, -0.25) is 19.2 Å². The third-order valence-corrected chi connectivity index (χ3v) is 18.4. The van der Waals surface area contributed by atoms with Crippen molar-refractivity contribution in [2.24, 2.45) is 0 Å². The highest BCUT2D eigenvalue weighted by molar-refractivity contribution is 8.17. The van der Waals surface area contributed by atoms with E-state index in [1.165, 1.54) is 47.0 Å². The number of rotatable bonds is 20. The van der Waals surface area contributed by atoms with Crippen LogP contribution in [-0.2, 0) is 24.6 Å². The molecule has 10 nitrogen and oxygen atoms in total. The van der Waals surface area contributed by atoms with Gasteiger partial charge in [-0.15, -0.1) is 47.0 Å². The van der Waals surface area contributed by atoms with E-state index < -0.39 is 38.5 Å². The van der Waals surface area contributed by atoms with Gasteiger partial charge in [0, 0.05) is 34.1 Å². The van der Waals surface area contributed by atoms with Crippen LogP contribution in [-0.4, -0.2) is 67.3 Å². The molecule has 2 aliphatic rings. The summed E-state index contributed by atoms with van der Waals surface area (Å²) in [4.78, 5) is 52.9. The number of nitrogens with zero attached hydrogens (tertiary/aromatic N) is 2. The number of carboxylic acids is 4. The highest BCUT2D eigenvalue weighted by Crippen LogP contribution is 2.65. The first-order chi connectivity index (χ1) is 35.5. The van der Waals surface area contributed by atoms with Crippen LogP contribution >= 0.6 is 47.0 Å². The minimum absolute atomic E-state index is 0.242. The molecule has 0 radical (unpaired) electrons. The van der Waals surface area contributed by atoms with Gasteiger partial charge in [-0.1, -0.05) is 121 Å². The summed E-state index contributed by atoms with van der Waals surface area (Å²) in [6.45, 7) is 0. The molecule has 10 rings (SSSR count). The molecule has 0 fully saturated rings. The first-order valence-corrected chi connectivity index (χ1v) is 27.4. The monoisotopic (exact) mass is 1040 g/mol. The number of hydrogen-bond donors (Lipinski definition) is 4. The second-order valence-electron chi connectivity index (χ2n) is 17.3. The first-order valence-electron chi connectivity index (χ1n) is 23.2. The van der Waals surface area contributed by atoms with Gasteiger partial charge in [0.15, 0.2) is 0 Å². The normalized spacial score (nSPS) is 12.5. The van der Waals surface area contributed by atoms with E-state index in [9.17, 15) is 39.6 Å². The summed E-state index contributed by atoms with van der Waals surface area (Å²) in [5.74, 6) is -5.02. The number of aliphatic carboxylic acids is 4. The molecule has 4 N–H and O–H groups in total. The summed E-state index contributed by atoms with van der Waals surface area (Å²) in [5, 5.41) is 39.6. The van der Waals surface area contributed by atoms with E-state index in [4.69, 9.17) is 0 Å². The lowest BCUT2D eigenvalue weighted by atomic mass is 9.70. The predicted octanol–water partition coefficient (Wildman–Crippen LogP) is 14.2. The fraction of sp³-hybridized carbons (Fsp3) is 0.119. The molecule has 14 heteroatoms. The standard InChI is InChI=1S/C59H46N2O8S4/c62-53(63)33-70-57(71-34-54(64)65)37-21-25-45-46-26-22-38(58(72-35-55(66)67)73-36-56(68)69)30-50(46)59(49(45)29-37)51-31-43(60(39-13-5-1-6-14-39)40-15-7-2-8-16-40)23-27-47(51)48-28-24-44(32-52(48)59)61(41-17-9-3-10-18-41)42-19-11-4-12-20-42/h1-32,57-58H,33-36H2,(H,62,63)(H,64,65)(H,66,67)(H,68,69). The lowest BCUT2D eigenvalue weighted by molar-refractivity contribution is -0.135. The lowest BCUT2D eigenvalue weighted by Gasteiger charge is -2.34. The molecule has 2 aliphatic carbocycles. The molecule has 0 aliphatic heterocycles. The molecule has 0 bridgehead atoms. The van der Waals surface area contributed by atoms with Crippen molar-refractivity contribution in [1.29, 1.82) is 0 Å². The fourth-order valence-corrected chi connectivity index (χ4v) is 14.2. The van der Waals surface area contributed by atoms with Crippen molar-refractivity contribution >= 4 is 105 Å². The van der Waals surface area contributed by atoms with Crippen LogP contribution in [0.25, 0.3) is 22.3 Å². The Hall–Kier alpha value is -7.36. The molecular formula is C59H46N2O8S4. The summed E-state index contributed by atoms with van der Waals surface area (Å²) >= 11 is 4.67. The van der Waals surface area contributed by atoms with E-state index in [0.717, 1.165) is 89.8 Å². The van der Waals surface area contributed by atoms with Crippen molar-refractivity contribution in [2.75, 3.05) is 32.8 Å². The topological polar surface area (TPSA) is 156 Å². The zero-order valence-corrected chi connectivity index (χ0v) is 42.2. The van der Waals surface area contributed by atoms with Gasteiger partial charge in [-0.25, -0.2) is 0 Å². The van der Waals surface area contributed by atoms with Crippen LogP contribution in [0.4, 0.5) is 34.1 Å². The number of para-hydroxylation sites is 4. The van der Waals surface area contributed by atoms with Crippen LogP contribution in [0, 0.1) is 0 Å². The summed E-state index contributed by atoms with van der Waals surface area (Å²) in [6.07, 6.45) is 0. The molecule has 0 heterocycles. The van der Waals surface area contributed by atoms with Crippen molar-refractivity contribution in [2.45, 2.75) is 14.6 Å². The fourth-order valence-electron chi connectivity index (χ4n) is 10.1. The van der Waals surface area contributed by atoms with Gasteiger partial charge in [-0.05, 0) is 128 Å². The minimum Gasteiger partial charge on any atom is -0.481 e. The largest absolute Gasteiger partial charge is 0.481 e. The molecule has 0 unspecified atom stereocenters. The highest BCUT2D eigenvalue weighted by atomic mass is 32.2. The number of carbonyl (C=O) groups is 4. The number of anilines is 6. The smallest absolute Gasteiger partial charge is 0.313 e. The lowest BCUT2D eigenvalue weighted by Crippen LogP contribution is -2.27. The van der Waals surface area contributed by atoms with Crippen LogP contribution in [0.5, 0.6) is 0 Å². The van der Waals surface area contributed by atoms with Gasteiger partial charge in [0.1, 0.15) is 0 Å². The van der Waals surface area contributed by atoms with Crippen molar-refractivity contribution in [1.82, 2.24) is 0 Å². The molecule has 0 atom stereocenters. The van der Waals surface area contributed by atoms with Crippen LogP contribution in [0.1, 0.15) is 42.5 Å². The Morgan fingerprint density at radius 1 is 0.342 bits per heavy atom. The Morgan fingerprint density at radius 2 is 0.603 bits per heavy atom. The van der Waals surface area contributed by atoms with Crippen LogP contribution in [0.3, 0.4) is 0 Å². The molecule has 8 aromatic carbocycles. The maximum Gasteiger partial charge on any atom is 0.313 e. The van der Waals surface area contributed by atoms with Crippen LogP contribution in [0.2, 0.25) is 0 Å². The highest BCUT2D eigenvalue weighted by Gasteiger charge is 2.53. The predicted molar refractivity (Wildman–Crippen MR) is 298 cm³/mol. The number of fused-ring (bicyclic) bond motifs is 10. The van der Waals surface area contributed by atoms with Crippen LogP contribution < -0.4 is 9.80 Å². The number of hydrogen-bond acceptors (Lipinski definition) is 10. The summed E-state index contributed by atoms with van der Waals surface area (Å²) < 4.78 is -1.12. The van der Waals surface area contributed by atoms with Gasteiger partial charge in [0.25, 0.3) is 0 Å². The van der Waals surface area contributed by atoms with Gasteiger partial charge >= 0.3 is 23.9 Å². The van der Waals surface area contributed by atoms with E-state index in [-0.39, 0.29) is 23.0 Å². The zero-order chi connectivity index (χ0) is 50.6. The van der Waals surface area contributed by atoms with E-state index in [0.29, 0.717) is 0 Å². The summed E-state index contributed by atoms with van der Waals surface area (Å²) in [6, 6.07) is 66.0. The van der Waals surface area contributed by atoms with Gasteiger partial charge in [0.2, 0.25) is 0 Å². The average molecular weight is 1040 g/mol. The first kappa shape index (κ1) is 49.2. The Bertz CT molecular complexity index is 3030. The Morgan fingerprint density at radius 3 is 0.877 bits per heavy atom. The molecule has 0 saturated carbocycles. The molecular weight excluding hydrogens is 993 g/mol. The van der Waals surface area contributed by atoms with Gasteiger partial charge < -0.3 is 30.2 Å². The van der Waals surface area contributed by atoms with Gasteiger partial charge in [0.05, 0.1) is 37.6 Å². The van der Waals surface area contributed by atoms with Crippen molar-refractivity contribution in [3.05, 3.63) is 228 Å². The zero-order valence-electron chi connectivity index (χ0n) is 38.9. The molecule has 8 aromatic rings. The molecule has 0 saturated heterocycles. The number of carboxylic acid groups (broad SMARTS) is 4. The van der Waals surface area contributed by atoms with Gasteiger partial charge in [-0.2, -0.15) is 0 Å². The minimum atomic E-state index is -1.09. The second kappa shape index (κ2) is 21.4. The number of thioether (sulfide) groups is 4. The molecule has 0 aromatic heterocycles. The maximum atomic E-state index is 12.1. The summed E-state index contributed by atoms with van der Waals surface area (Å²) in [5.41, 5.74) is 13.5. The SMILES string of the molecule is O=C(O)CSC(SCC(=O)O)c1ccc2c(c1)C1(c3cc(C(SCC(=O)O)SCC(=O)O)ccc3-2)c2cc(N(c3ccccc3)c3ccccc3)ccc2-c2ccc(N(c3ccccc3)c3ccccc3)cc21. The van der Waals surface area contributed by atoms with E-state index in [2.05, 4.69) is 119 Å². The van der Waals surface area contributed by atoms with Crippen molar-refractivity contribution in [3.8, 4) is 22.3 Å². The molecule has 0 amide bonds. The number of benzene rings is 8. The van der Waals surface area contributed by atoms with Crippen LogP contribution in [0.15, 0.2) is 194 Å². The third-order valence-electron chi connectivity index (χ3n) is 12.8. The maximum absolute atomic E-state index is 12.1. The van der Waals surface area contributed by atoms with E-state index >= 15 is 0 Å². The Balaban J connectivity index is 1.30. The molecule has 73 heavy (non-hydrogen) atoms. The average Bonchev–Trinajstić information content (AvgIpc) is 3.85. The van der Waals surface area contributed by atoms with E-state index in [1.807, 2.05) is 84.9 Å². The quantitative estimate of drug-likeness (QED) is 0.0535. The summed E-state index contributed by atoms with van der Waals surface area (Å²) in [7, 11) is 0. The Labute approximate surface area is 439 Å². The molecule has 1 spiro atoms.